The van der Waals surface area contributed by atoms with Crippen molar-refractivity contribution in [1.82, 2.24) is 0 Å². The van der Waals surface area contributed by atoms with Gasteiger partial charge in [0.05, 0.1) is 0 Å². The Balaban J connectivity index is 2.76. The highest BCUT2D eigenvalue weighted by atomic mass is 32.2. The molecule has 0 amide bonds. The summed E-state index contributed by atoms with van der Waals surface area (Å²) < 4.78 is 16.7. The van der Waals surface area contributed by atoms with Crippen molar-refractivity contribution < 1.29 is 13.3 Å². The molecule has 1 aliphatic heterocycles. The molecule has 0 N–H and O–H groups in total. The zero-order valence-corrected chi connectivity index (χ0v) is 11.9. The Bertz CT molecular complexity index is 173. The third kappa shape index (κ3) is 2.77. The zero-order chi connectivity index (χ0) is 11.3. The highest BCUT2D eigenvalue weighted by Crippen LogP contribution is 2.42. The Kier molecular flexibility index (Phi) is 5.63. The third-order valence-corrected chi connectivity index (χ3v) is 8.35. The Morgan fingerprint density at radius 1 is 1.27 bits per heavy atom. The maximum atomic E-state index is 5.58. The van der Waals surface area contributed by atoms with Crippen LogP contribution in [-0.2, 0) is 13.3 Å². The van der Waals surface area contributed by atoms with Crippen molar-refractivity contribution >= 4 is 20.6 Å². The average molecular weight is 250 g/mol. The lowest BCUT2D eigenvalue weighted by Crippen LogP contribution is -2.50. The van der Waals surface area contributed by atoms with Crippen molar-refractivity contribution in [3.63, 3.8) is 0 Å². The fourth-order valence-corrected chi connectivity index (χ4v) is 7.08. The molecule has 0 aromatic heterocycles. The van der Waals surface area contributed by atoms with E-state index >= 15 is 0 Å². The Morgan fingerprint density at radius 3 is 2.20 bits per heavy atom. The molecular formula is C10H22O3SSi. The van der Waals surface area contributed by atoms with Crippen molar-refractivity contribution in [2.75, 3.05) is 27.1 Å². The topological polar surface area (TPSA) is 27.7 Å². The van der Waals surface area contributed by atoms with E-state index in [0.29, 0.717) is 10.8 Å². The van der Waals surface area contributed by atoms with E-state index in [9.17, 15) is 0 Å². The molecule has 1 heterocycles. The smallest absolute Gasteiger partial charge is 0.377 e. The van der Waals surface area contributed by atoms with Crippen molar-refractivity contribution in [3.05, 3.63) is 0 Å². The summed E-state index contributed by atoms with van der Waals surface area (Å²) in [5.74, 6) is 1.27. The van der Waals surface area contributed by atoms with Gasteiger partial charge in [0.2, 0.25) is 0 Å². The molecule has 0 aromatic carbocycles. The second-order valence-electron chi connectivity index (χ2n) is 3.78. The van der Waals surface area contributed by atoms with Crippen LogP contribution < -0.4 is 0 Å². The largest absolute Gasteiger partial charge is 0.504 e. The van der Waals surface area contributed by atoms with Gasteiger partial charge in [0.1, 0.15) is 0 Å². The van der Waals surface area contributed by atoms with E-state index in [-0.39, 0.29) is 0 Å². The molecule has 0 saturated carbocycles. The molecule has 2 unspecified atom stereocenters. The Morgan fingerprint density at radius 2 is 1.87 bits per heavy atom. The molecule has 1 fully saturated rings. The second kappa shape index (κ2) is 6.25. The summed E-state index contributed by atoms with van der Waals surface area (Å²) in [6.45, 7) is 2.20. The first kappa shape index (κ1) is 13.5. The minimum absolute atomic E-state index is 0.435. The Labute approximate surface area is 98.2 Å². The summed E-state index contributed by atoms with van der Waals surface area (Å²) >= 11 is 2.04. The van der Waals surface area contributed by atoms with Crippen molar-refractivity contribution in [1.29, 1.82) is 0 Å². The Hall–Kier alpha value is 0.447. The van der Waals surface area contributed by atoms with Gasteiger partial charge in [0.15, 0.2) is 0 Å². The summed E-state index contributed by atoms with van der Waals surface area (Å²) in [5, 5.41) is 0.654. The zero-order valence-electron chi connectivity index (χ0n) is 10.1. The van der Waals surface area contributed by atoms with Crippen molar-refractivity contribution in [2.45, 2.75) is 37.0 Å². The number of thioether (sulfide) groups is 1. The van der Waals surface area contributed by atoms with Crippen molar-refractivity contribution in [2.24, 2.45) is 0 Å². The van der Waals surface area contributed by atoms with Gasteiger partial charge >= 0.3 is 8.80 Å². The minimum Gasteiger partial charge on any atom is -0.377 e. The van der Waals surface area contributed by atoms with Crippen LogP contribution in [0.25, 0.3) is 0 Å². The molecule has 1 saturated heterocycles. The van der Waals surface area contributed by atoms with Crippen LogP contribution in [0.1, 0.15) is 26.2 Å². The molecule has 1 aliphatic rings. The van der Waals surface area contributed by atoms with Crippen LogP contribution in [0.15, 0.2) is 0 Å². The highest BCUT2D eigenvalue weighted by molar-refractivity contribution is 8.00. The predicted octanol–water partition coefficient (Wildman–Crippen LogP) is 2.54. The summed E-state index contributed by atoms with van der Waals surface area (Å²) in [6.07, 6.45) is 3.65. The SMILES string of the molecule is CCC(C1CCCS1)[Si](OC)(OC)OC. The van der Waals surface area contributed by atoms with Crippen LogP contribution >= 0.6 is 11.8 Å². The van der Waals surface area contributed by atoms with Gasteiger partial charge in [0.25, 0.3) is 0 Å². The van der Waals surface area contributed by atoms with Gasteiger partial charge < -0.3 is 13.3 Å². The lowest BCUT2D eigenvalue weighted by Gasteiger charge is -2.34. The molecule has 0 aromatic rings. The number of rotatable bonds is 6. The van der Waals surface area contributed by atoms with Crippen LogP contribution in [0, 0.1) is 0 Å². The lowest BCUT2D eigenvalue weighted by molar-refractivity contribution is 0.109. The fraction of sp³-hybridized carbons (Fsp3) is 1.00. The highest BCUT2D eigenvalue weighted by Gasteiger charge is 2.50. The van der Waals surface area contributed by atoms with E-state index in [4.69, 9.17) is 13.3 Å². The molecule has 0 bridgehead atoms. The maximum Gasteiger partial charge on any atom is 0.504 e. The van der Waals surface area contributed by atoms with Gasteiger partial charge in [-0.3, -0.25) is 0 Å². The molecular weight excluding hydrogens is 228 g/mol. The number of hydrogen-bond donors (Lipinski definition) is 0. The van der Waals surface area contributed by atoms with E-state index in [1.807, 2.05) is 11.8 Å². The van der Waals surface area contributed by atoms with Gasteiger partial charge in [-0.15, -0.1) is 0 Å². The van der Waals surface area contributed by atoms with Gasteiger partial charge in [0, 0.05) is 32.1 Å². The van der Waals surface area contributed by atoms with Gasteiger partial charge in [-0.1, -0.05) is 6.92 Å². The van der Waals surface area contributed by atoms with Gasteiger partial charge in [-0.05, 0) is 25.0 Å². The summed E-state index contributed by atoms with van der Waals surface area (Å²) in [6, 6.07) is 0. The number of hydrogen-bond acceptors (Lipinski definition) is 4. The molecule has 1 rings (SSSR count). The lowest BCUT2D eigenvalue weighted by atomic mass is 10.1. The van der Waals surface area contributed by atoms with E-state index in [1.165, 1.54) is 18.6 Å². The molecule has 15 heavy (non-hydrogen) atoms. The first-order valence-electron chi connectivity index (χ1n) is 5.51. The van der Waals surface area contributed by atoms with Crippen LogP contribution in [0.5, 0.6) is 0 Å². The van der Waals surface area contributed by atoms with Crippen LogP contribution in [-0.4, -0.2) is 41.1 Å². The van der Waals surface area contributed by atoms with E-state index < -0.39 is 8.80 Å². The molecule has 5 heteroatoms. The predicted molar refractivity (Wildman–Crippen MR) is 66.3 cm³/mol. The van der Waals surface area contributed by atoms with Gasteiger partial charge in [-0.25, -0.2) is 0 Å². The molecule has 3 nitrogen and oxygen atoms in total. The van der Waals surface area contributed by atoms with E-state index in [0.717, 1.165) is 6.42 Å². The standard InChI is InChI=1S/C10H22O3SSi/c1-5-10(9-7-6-8-14-9)15(11-2,12-3)13-4/h9-10H,5-8H2,1-4H3. The van der Waals surface area contributed by atoms with E-state index in [1.54, 1.807) is 21.3 Å². The summed E-state index contributed by atoms with van der Waals surface area (Å²) in [4.78, 5) is 0. The monoisotopic (exact) mass is 250 g/mol. The minimum atomic E-state index is -2.43. The van der Waals surface area contributed by atoms with Crippen LogP contribution in [0.2, 0.25) is 5.54 Å². The van der Waals surface area contributed by atoms with Crippen LogP contribution in [0.3, 0.4) is 0 Å². The fourth-order valence-electron chi connectivity index (χ4n) is 2.36. The summed E-state index contributed by atoms with van der Waals surface area (Å²) in [5.41, 5.74) is 0.435. The molecule has 0 spiro atoms. The maximum absolute atomic E-state index is 5.58. The first-order valence-corrected chi connectivity index (χ1v) is 8.36. The van der Waals surface area contributed by atoms with Crippen molar-refractivity contribution in [3.8, 4) is 0 Å². The average Bonchev–Trinajstić information content (AvgIpc) is 2.79. The second-order valence-corrected chi connectivity index (χ2v) is 8.30. The van der Waals surface area contributed by atoms with E-state index in [2.05, 4.69) is 6.92 Å². The third-order valence-electron chi connectivity index (χ3n) is 3.16. The molecule has 0 aliphatic carbocycles. The van der Waals surface area contributed by atoms with Gasteiger partial charge in [-0.2, -0.15) is 11.8 Å². The molecule has 2 atom stereocenters. The normalized spacial score (nSPS) is 24.4. The quantitative estimate of drug-likeness (QED) is 0.677. The molecule has 90 valence electrons. The van der Waals surface area contributed by atoms with Crippen LogP contribution in [0.4, 0.5) is 0 Å². The summed E-state index contributed by atoms with van der Waals surface area (Å²) in [7, 11) is 2.70. The molecule has 0 radical (unpaired) electrons. The first-order chi connectivity index (χ1) is 7.24.